The summed E-state index contributed by atoms with van der Waals surface area (Å²) in [5.41, 5.74) is 1.97. The number of ether oxygens (including phenoxy) is 1. The molecule has 0 radical (unpaired) electrons. The fourth-order valence-electron chi connectivity index (χ4n) is 2.46. The maximum Gasteiger partial charge on any atom is 0.123 e. The lowest BCUT2D eigenvalue weighted by Gasteiger charge is -2.07. The minimum absolute atomic E-state index is 0.539. The Morgan fingerprint density at radius 1 is 1.29 bits per heavy atom. The number of hydrogen-bond acceptors (Lipinski definition) is 3. The molecule has 2 heterocycles. The zero-order valence-electron chi connectivity index (χ0n) is 12.1. The molecule has 3 rings (SSSR count). The normalized spacial score (nSPS) is 11.2. The zero-order valence-corrected chi connectivity index (χ0v) is 12.9. The third-order valence-corrected chi connectivity index (χ3v) is 3.65. The van der Waals surface area contributed by atoms with Crippen LogP contribution in [0, 0.1) is 6.92 Å². The van der Waals surface area contributed by atoms with Crippen molar-refractivity contribution >= 4 is 22.6 Å². The highest BCUT2D eigenvalue weighted by molar-refractivity contribution is 6.17. The van der Waals surface area contributed by atoms with Crippen LogP contribution < -0.4 is 4.74 Å². The van der Waals surface area contributed by atoms with Crippen LogP contribution in [0.1, 0.15) is 17.3 Å². The molecule has 110 valence electrons. The SMILES string of the molecule is COc1ccc2nc(CCCl)n(Cc3ccc(C)o3)c2c1. The van der Waals surface area contributed by atoms with Crippen molar-refractivity contribution in [3.63, 3.8) is 0 Å². The van der Waals surface area contributed by atoms with E-state index in [2.05, 4.69) is 9.55 Å². The fraction of sp³-hybridized carbons (Fsp3) is 0.312. The van der Waals surface area contributed by atoms with E-state index in [9.17, 15) is 0 Å². The van der Waals surface area contributed by atoms with Gasteiger partial charge in [-0.1, -0.05) is 0 Å². The maximum atomic E-state index is 5.90. The van der Waals surface area contributed by atoms with Crippen molar-refractivity contribution in [1.82, 2.24) is 9.55 Å². The summed E-state index contributed by atoms with van der Waals surface area (Å²) < 4.78 is 13.1. The summed E-state index contributed by atoms with van der Waals surface area (Å²) >= 11 is 5.90. The molecule has 21 heavy (non-hydrogen) atoms. The van der Waals surface area contributed by atoms with E-state index in [0.717, 1.165) is 40.5 Å². The number of aromatic nitrogens is 2. The molecule has 0 amide bonds. The average Bonchev–Trinajstić information content (AvgIpc) is 3.04. The number of aryl methyl sites for hydroxylation is 2. The van der Waals surface area contributed by atoms with Crippen molar-refractivity contribution in [2.24, 2.45) is 0 Å². The quantitative estimate of drug-likeness (QED) is 0.674. The fourth-order valence-corrected chi connectivity index (χ4v) is 2.63. The summed E-state index contributed by atoms with van der Waals surface area (Å²) in [6.07, 6.45) is 0.720. The average molecular weight is 305 g/mol. The van der Waals surface area contributed by atoms with Gasteiger partial charge in [0.05, 0.1) is 24.7 Å². The Hall–Kier alpha value is -1.94. The molecular weight excluding hydrogens is 288 g/mol. The summed E-state index contributed by atoms with van der Waals surface area (Å²) in [7, 11) is 1.66. The molecule has 0 atom stereocenters. The van der Waals surface area contributed by atoms with Crippen molar-refractivity contribution in [3.05, 3.63) is 47.7 Å². The van der Waals surface area contributed by atoms with Crippen LogP contribution >= 0.6 is 11.6 Å². The zero-order chi connectivity index (χ0) is 14.8. The Labute approximate surface area is 128 Å². The molecule has 0 fully saturated rings. The Morgan fingerprint density at radius 2 is 2.14 bits per heavy atom. The molecule has 0 aliphatic rings. The van der Waals surface area contributed by atoms with E-state index in [0.29, 0.717) is 12.4 Å². The van der Waals surface area contributed by atoms with E-state index in [-0.39, 0.29) is 0 Å². The summed E-state index contributed by atoms with van der Waals surface area (Å²) in [6, 6.07) is 9.84. The van der Waals surface area contributed by atoms with Crippen LogP contribution in [0.15, 0.2) is 34.7 Å². The molecule has 2 aromatic heterocycles. The van der Waals surface area contributed by atoms with E-state index in [1.54, 1.807) is 7.11 Å². The lowest BCUT2D eigenvalue weighted by Crippen LogP contribution is -2.05. The van der Waals surface area contributed by atoms with Gasteiger partial charge < -0.3 is 13.7 Å². The molecule has 0 unspecified atom stereocenters. The van der Waals surface area contributed by atoms with Crippen LogP contribution in [0.3, 0.4) is 0 Å². The maximum absolute atomic E-state index is 5.90. The molecule has 0 spiro atoms. The number of hydrogen-bond donors (Lipinski definition) is 0. The third-order valence-electron chi connectivity index (χ3n) is 3.46. The topological polar surface area (TPSA) is 40.2 Å². The van der Waals surface area contributed by atoms with E-state index in [1.807, 2.05) is 37.3 Å². The number of fused-ring (bicyclic) bond motifs is 1. The smallest absolute Gasteiger partial charge is 0.123 e. The number of imidazole rings is 1. The Balaban J connectivity index is 2.09. The first-order valence-electron chi connectivity index (χ1n) is 6.85. The van der Waals surface area contributed by atoms with Crippen molar-refractivity contribution in [2.45, 2.75) is 19.9 Å². The highest BCUT2D eigenvalue weighted by atomic mass is 35.5. The Bertz CT molecular complexity index is 761. The molecule has 5 heteroatoms. The number of rotatable bonds is 5. The molecule has 0 bridgehead atoms. The van der Waals surface area contributed by atoms with Gasteiger partial charge in [-0.05, 0) is 31.2 Å². The van der Waals surface area contributed by atoms with Crippen LogP contribution in [0.4, 0.5) is 0 Å². The standard InChI is InChI=1S/C16H17ClN2O2/c1-11-3-4-13(21-11)10-19-15-9-12(20-2)5-6-14(15)18-16(19)7-8-17/h3-6,9H,7-8,10H2,1-2H3. The molecule has 0 saturated heterocycles. The molecule has 0 N–H and O–H groups in total. The second-order valence-electron chi connectivity index (χ2n) is 4.92. The summed E-state index contributed by atoms with van der Waals surface area (Å²) in [6.45, 7) is 2.59. The van der Waals surface area contributed by atoms with Crippen molar-refractivity contribution in [2.75, 3.05) is 13.0 Å². The van der Waals surface area contributed by atoms with Crippen LogP contribution in [0.2, 0.25) is 0 Å². The van der Waals surface area contributed by atoms with E-state index in [1.165, 1.54) is 0 Å². The minimum atomic E-state index is 0.539. The molecule has 0 saturated carbocycles. The molecule has 1 aromatic carbocycles. The van der Waals surface area contributed by atoms with Gasteiger partial charge in [0.1, 0.15) is 23.1 Å². The minimum Gasteiger partial charge on any atom is -0.497 e. The predicted octanol–water partition coefficient (Wildman–Crippen LogP) is 3.78. The van der Waals surface area contributed by atoms with E-state index < -0.39 is 0 Å². The Kier molecular flexibility index (Phi) is 3.88. The van der Waals surface area contributed by atoms with E-state index >= 15 is 0 Å². The number of halogens is 1. The lowest BCUT2D eigenvalue weighted by atomic mass is 10.3. The second kappa shape index (κ2) is 5.82. The number of furan rings is 1. The van der Waals surface area contributed by atoms with Gasteiger partial charge in [0.25, 0.3) is 0 Å². The van der Waals surface area contributed by atoms with Crippen LogP contribution in [-0.2, 0) is 13.0 Å². The van der Waals surface area contributed by atoms with E-state index in [4.69, 9.17) is 20.8 Å². The molecule has 4 nitrogen and oxygen atoms in total. The van der Waals surface area contributed by atoms with Crippen LogP contribution in [-0.4, -0.2) is 22.5 Å². The highest BCUT2D eigenvalue weighted by Crippen LogP contribution is 2.24. The number of benzene rings is 1. The van der Waals surface area contributed by atoms with Gasteiger partial charge in [0.2, 0.25) is 0 Å². The van der Waals surface area contributed by atoms with Gasteiger partial charge in [-0.3, -0.25) is 0 Å². The van der Waals surface area contributed by atoms with Crippen LogP contribution in [0.25, 0.3) is 11.0 Å². The van der Waals surface area contributed by atoms with Gasteiger partial charge >= 0.3 is 0 Å². The molecular formula is C16H17ClN2O2. The highest BCUT2D eigenvalue weighted by Gasteiger charge is 2.13. The first-order chi connectivity index (χ1) is 10.2. The first kappa shape index (κ1) is 14.0. The summed E-state index contributed by atoms with van der Waals surface area (Å²) in [5.74, 6) is 4.13. The lowest BCUT2D eigenvalue weighted by molar-refractivity contribution is 0.415. The molecule has 0 aliphatic heterocycles. The molecule has 3 aromatic rings. The van der Waals surface area contributed by atoms with Crippen LogP contribution in [0.5, 0.6) is 5.75 Å². The summed E-state index contributed by atoms with van der Waals surface area (Å²) in [4.78, 5) is 4.66. The van der Waals surface area contributed by atoms with Gasteiger partial charge in [-0.25, -0.2) is 4.98 Å². The van der Waals surface area contributed by atoms with Crippen molar-refractivity contribution in [3.8, 4) is 5.75 Å². The summed E-state index contributed by atoms with van der Waals surface area (Å²) in [5, 5.41) is 0. The number of nitrogens with zero attached hydrogens (tertiary/aromatic N) is 2. The van der Waals surface area contributed by atoms with Gasteiger partial charge in [-0.2, -0.15) is 0 Å². The predicted molar refractivity (Wildman–Crippen MR) is 83.3 cm³/mol. The van der Waals surface area contributed by atoms with Gasteiger partial charge in [0.15, 0.2) is 0 Å². The molecule has 0 aliphatic carbocycles. The first-order valence-corrected chi connectivity index (χ1v) is 7.39. The largest absolute Gasteiger partial charge is 0.497 e. The number of methoxy groups -OCH3 is 1. The van der Waals surface area contributed by atoms with Crippen molar-refractivity contribution in [1.29, 1.82) is 0 Å². The Morgan fingerprint density at radius 3 is 2.81 bits per heavy atom. The van der Waals surface area contributed by atoms with Gasteiger partial charge in [0, 0.05) is 18.4 Å². The monoisotopic (exact) mass is 304 g/mol. The number of alkyl halides is 1. The second-order valence-corrected chi connectivity index (χ2v) is 5.30. The van der Waals surface area contributed by atoms with Crippen molar-refractivity contribution < 1.29 is 9.15 Å². The van der Waals surface area contributed by atoms with Gasteiger partial charge in [-0.15, -0.1) is 11.6 Å². The third kappa shape index (κ3) is 2.76.